The zero-order valence-electron chi connectivity index (χ0n) is 10.6. The lowest BCUT2D eigenvalue weighted by molar-refractivity contribution is 0.0725. The Bertz CT molecular complexity index is 390. The summed E-state index contributed by atoms with van der Waals surface area (Å²) in [4.78, 5) is 11.8. The Kier molecular flexibility index (Phi) is 5.65. The highest BCUT2D eigenvalue weighted by Gasteiger charge is 2.20. The second kappa shape index (κ2) is 6.78. The Morgan fingerprint density at radius 1 is 1.39 bits per heavy atom. The molecular formula is C13H19NO3S. The summed E-state index contributed by atoms with van der Waals surface area (Å²) in [5.74, 6) is 0.345. The van der Waals surface area contributed by atoms with Gasteiger partial charge in [-0.3, -0.25) is 4.79 Å². The molecular weight excluding hydrogens is 250 g/mol. The first-order valence-electron chi connectivity index (χ1n) is 5.68. The van der Waals surface area contributed by atoms with Crippen LogP contribution in [0.25, 0.3) is 0 Å². The van der Waals surface area contributed by atoms with Gasteiger partial charge in [-0.1, -0.05) is 12.1 Å². The van der Waals surface area contributed by atoms with E-state index in [0.29, 0.717) is 11.3 Å². The van der Waals surface area contributed by atoms with Crippen molar-refractivity contribution < 1.29 is 15.0 Å². The van der Waals surface area contributed by atoms with Crippen LogP contribution in [0.5, 0.6) is 0 Å². The molecule has 100 valence electrons. The lowest BCUT2D eigenvalue weighted by Gasteiger charge is -2.22. The predicted octanol–water partition coefficient (Wildman–Crippen LogP) is 1.02. The molecule has 1 unspecified atom stereocenters. The van der Waals surface area contributed by atoms with Crippen molar-refractivity contribution in [2.45, 2.75) is 19.1 Å². The van der Waals surface area contributed by atoms with Crippen molar-refractivity contribution in [2.75, 3.05) is 18.6 Å². The Morgan fingerprint density at radius 3 is 2.50 bits per heavy atom. The van der Waals surface area contributed by atoms with Crippen LogP contribution in [0.1, 0.15) is 22.8 Å². The number of thioether (sulfide) groups is 1. The number of aliphatic hydroxyl groups is 2. The zero-order chi connectivity index (χ0) is 13.6. The third-order valence-corrected chi connectivity index (χ3v) is 3.39. The van der Waals surface area contributed by atoms with Gasteiger partial charge in [0.05, 0.1) is 12.2 Å². The second-order valence-corrected chi connectivity index (χ2v) is 5.33. The quantitative estimate of drug-likeness (QED) is 0.721. The van der Waals surface area contributed by atoms with E-state index in [-0.39, 0.29) is 19.1 Å². The number of nitrogens with one attached hydrogen (secondary N) is 1. The first kappa shape index (κ1) is 15.0. The molecule has 4 nitrogen and oxygen atoms in total. The number of rotatable bonds is 6. The van der Waals surface area contributed by atoms with Gasteiger partial charge in [0.1, 0.15) is 0 Å². The molecule has 18 heavy (non-hydrogen) atoms. The van der Waals surface area contributed by atoms with Crippen molar-refractivity contribution in [1.29, 1.82) is 0 Å². The Hall–Kier alpha value is -1.04. The number of benzene rings is 1. The van der Waals surface area contributed by atoms with Gasteiger partial charge in [0.2, 0.25) is 0 Å². The van der Waals surface area contributed by atoms with E-state index in [9.17, 15) is 9.90 Å². The van der Waals surface area contributed by atoms with Gasteiger partial charge in [0, 0.05) is 17.9 Å². The van der Waals surface area contributed by atoms with Crippen LogP contribution in [0.2, 0.25) is 0 Å². The number of carbonyl (C=O) groups is 1. The average Bonchev–Trinajstić information content (AvgIpc) is 2.36. The summed E-state index contributed by atoms with van der Waals surface area (Å²) in [6, 6.07) is 6.72. The summed E-state index contributed by atoms with van der Waals surface area (Å²) < 4.78 is 0. The molecule has 1 rings (SSSR count). The molecule has 0 aliphatic heterocycles. The van der Waals surface area contributed by atoms with E-state index in [1.807, 2.05) is 6.26 Å². The molecule has 0 saturated carbocycles. The van der Waals surface area contributed by atoms with E-state index in [0.717, 1.165) is 5.56 Å². The minimum Gasteiger partial charge on any atom is -0.392 e. The maximum absolute atomic E-state index is 11.8. The highest BCUT2D eigenvalue weighted by molar-refractivity contribution is 7.98. The molecule has 0 aliphatic carbocycles. The first-order valence-corrected chi connectivity index (χ1v) is 7.07. The number of carbonyl (C=O) groups excluding carboxylic acids is 1. The number of amides is 1. The highest BCUT2D eigenvalue weighted by Crippen LogP contribution is 2.10. The third-order valence-electron chi connectivity index (χ3n) is 2.48. The van der Waals surface area contributed by atoms with E-state index in [2.05, 4.69) is 5.32 Å². The largest absolute Gasteiger partial charge is 0.392 e. The highest BCUT2D eigenvalue weighted by atomic mass is 32.2. The van der Waals surface area contributed by atoms with Crippen molar-refractivity contribution in [3.05, 3.63) is 35.4 Å². The summed E-state index contributed by atoms with van der Waals surface area (Å²) >= 11 is 1.53. The van der Waals surface area contributed by atoms with E-state index >= 15 is 0 Å². The first-order chi connectivity index (χ1) is 8.48. The van der Waals surface area contributed by atoms with E-state index in [4.69, 9.17) is 5.11 Å². The standard InChI is InChI=1S/C13H19NO3S/c1-13(17,9-18-2)8-14-12(16)11-5-3-10(7-15)4-6-11/h3-6,15,17H,7-9H2,1-2H3,(H,14,16). The SMILES string of the molecule is CSCC(C)(O)CNC(=O)c1ccc(CO)cc1. The molecule has 3 N–H and O–H groups in total. The fraction of sp³-hybridized carbons (Fsp3) is 0.462. The van der Waals surface area contributed by atoms with E-state index < -0.39 is 5.60 Å². The Labute approximate surface area is 111 Å². The van der Waals surface area contributed by atoms with Crippen LogP contribution in [-0.4, -0.2) is 40.3 Å². The third kappa shape index (κ3) is 4.68. The molecule has 5 heteroatoms. The topological polar surface area (TPSA) is 69.6 Å². The maximum Gasteiger partial charge on any atom is 0.251 e. The predicted molar refractivity (Wildman–Crippen MR) is 73.7 cm³/mol. The Morgan fingerprint density at radius 2 is 2.00 bits per heavy atom. The monoisotopic (exact) mass is 269 g/mol. The summed E-state index contributed by atoms with van der Waals surface area (Å²) in [5.41, 5.74) is 0.383. The molecule has 0 aliphatic rings. The lowest BCUT2D eigenvalue weighted by atomic mass is 10.1. The smallest absolute Gasteiger partial charge is 0.251 e. The molecule has 0 radical (unpaired) electrons. The van der Waals surface area contributed by atoms with Crippen LogP contribution in [0.3, 0.4) is 0 Å². The van der Waals surface area contributed by atoms with Gasteiger partial charge < -0.3 is 15.5 Å². The number of hydrogen-bond donors (Lipinski definition) is 3. The van der Waals surface area contributed by atoms with Gasteiger partial charge in [0.15, 0.2) is 0 Å². The van der Waals surface area contributed by atoms with Crippen LogP contribution in [-0.2, 0) is 6.61 Å². The van der Waals surface area contributed by atoms with Crippen molar-refractivity contribution >= 4 is 17.7 Å². The maximum atomic E-state index is 11.8. The molecule has 0 saturated heterocycles. The normalized spacial score (nSPS) is 14.0. The van der Waals surface area contributed by atoms with Gasteiger partial charge in [-0.15, -0.1) is 0 Å². The van der Waals surface area contributed by atoms with E-state index in [1.165, 1.54) is 11.8 Å². The van der Waals surface area contributed by atoms with Gasteiger partial charge in [-0.05, 0) is 30.9 Å². The minimum absolute atomic E-state index is 0.0374. The van der Waals surface area contributed by atoms with Gasteiger partial charge in [0.25, 0.3) is 5.91 Å². The molecule has 1 aromatic rings. The van der Waals surface area contributed by atoms with Crippen LogP contribution in [0, 0.1) is 0 Å². The van der Waals surface area contributed by atoms with Gasteiger partial charge >= 0.3 is 0 Å². The van der Waals surface area contributed by atoms with Crippen molar-refractivity contribution in [3.8, 4) is 0 Å². The van der Waals surface area contributed by atoms with Crippen LogP contribution in [0.15, 0.2) is 24.3 Å². The summed E-state index contributed by atoms with van der Waals surface area (Å²) in [6.07, 6.45) is 1.91. The van der Waals surface area contributed by atoms with Crippen molar-refractivity contribution in [2.24, 2.45) is 0 Å². The number of aliphatic hydroxyl groups excluding tert-OH is 1. The summed E-state index contributed by atoms with van der Waals surface area (Å²) in [5, 5.41) is 21.5. The average molecular weight is 269 g/mol. The molecule has 1 aromatic carbocycles. The zero-order valence-corrected chi connectivity index (χ0v) is 11.5. The molecule has 0 aromatic heterocycles. The molecule has 0 heterocycles. The summed E-state index contributed by atoms with van der Waals surface area (Å²) in [7, 11) is 0. The minimum atomic E-state index is -0.903. The fourth-order valence-corrected chi connectivity index (χ4v) is 2.22. The molecule has 1 amide bonds. The molecule has 0 fully saturated rings. The lowest BCUT2D eigenvalue weighted by Crippen LogP contribution is -2.42. The van der Waals surface area contributed by atoms with Crippen LogP contribution in [0.4, 0.5) is 0 Å². The number of hydrogen-bond acceptors (Lipinski definition) is 4. The van der Waals surface area contributed by atoms with Crippen LogP contribution < -0.4 is 5.32 Å². The molecule has 0 spiro atoms. The molecule has 1 atom stereocenters. The van der Waals surface area contributed by atoms with E-state index in [1.54, 1.807) is 31.2 Å². The second-order valence-electron chi connectivity index (χ2n) is 4.47. The molecule has 0 bridgehead atoms. The fourth-order valence-electron chi connectivity index (χ4n) is 1.50. The van der Waals surface area contributed by atoms with Crippen molar-refractivity contribution in [3.63, 3.8) is 0 Å². The summed E-state index contributed by atoms with van der Waals surface area (Å²) in [6.45, 7) is 1.87. The van der Waals surface area contributed by atoms with Crippen LogP contribution >= 0.6 is 11.8 Å². The van der Waals surface area contributed by atoms with Gasteiger partial charge in [-0.2, -0.15) is 11.8 Å². The van der Waals surface area contributed by atoms with Gasteiger partial charge in [-0.25, -0.2) is 0 Å². The Balaban J connectivity index is 2.54. The van der Waals surface area contributed by atoms with Crippen molar-refractivity contribution in [1.82, 2.24) is 5.32 Å².